The molecule has 1 saturated heterocycles. The molecular formula is C18H24N2O2S3. The van der Waals surface area contributed by atoms with E-state index in [1.54, 1.807) is 26.7 Å². The van der Waals surface area contributed by atoms with Crippen molar-refractivity contribution in [3.63, 3.8) is 0 Å². The summed E-state index contributed by atoms with van der Waals surface area (Å²) in [6.45, 7) is 6.27. The van der Waals surface area contributed by atoms with Gasteiger partial charge in [-0.3, -0.25) is 4.90 Å². The normalized spacial score (nSPS) is 16.4. The molecule has 1 aromatic carbocycles. The average Bonchev–Trinajstić information content (AvgIpc) is 3.05. The highest BCUT2D eigenvalue weighted by molar-refractivity contribution is 7.80. The van der Waals surface area contributed by atoms with Crippen molar-refractivity contribution in [1.82, 2.24) is 9.80 Å². The summed E-state index contributed by atoms with van der Waals surface area (Å²) in [6.07, 6.45) is 1.95. The van der Waals surface area contributed by atoms with Gasteiger partial charge in [0, 0.05) is 49.8 Å². The molecule has 1 aliphatic rings. The number of aliphatic hydroxyl groups excluding tert-OH is 1. The van der Waals surface area contributed by atoms with E-state index in [-0.39, 0.29) is 6.61 Å². The smallest absolute Gasteiger partial charge is 0.120 e. The number of unbranched alkanes of at least 4 members (excludes halogenated alkanes) is 1. The van der Waals surface area contributed by atoms with E-state index < -0.39 is 0 Å². The fourth-order valence-corrected chi connectivity index (χ4v) is 5.49. The second-order valence-electron chi connectivity index (χ2n) is 6.39. The lowest BCUT2D eigenvalue weighted by molar-refractivity contribution is 0.123. The molecule has 3 rings (SSSR count). The summed E-state index contributed by atoms with van der Waals surface area (Å²) >= 11 is 5.22. The Hall–Kier alpha value is -0.830. The molecule has 7 heteroatoms. The topological polar surface area (TPSA) is 46.9 Å². The van der Waals surface area contributed by atoms with Gasteiger partial charge in [-0.05, 0) is 49.2 Å². The lowest BCUT2D eigenvalue weighted by Crippen LogP contribution is -2.46. The fourth-order valence-electron chi connectivity index (χ4n) is 3.10. The number of nitrogens with zero attached hydrogens (tertiary/aromatic N) is 2. The SMILES string of the molecule is OCCCCN1CCN(Cc2cc(-c3cc(=S)ss3)ccc2O)CC1. The molecule has 0 amide bonds. The Bertz CT molecular complexity index is 736. The highest BCUT2D eigenvalue weighted by Gasteiger charge is 2.18. The number of piperazine rings is 1. The van der Waals surface area contributed by atoms with Crippen LogP contribution in [0.1, 0.15) is 18.4 Å². The molecule has 0 spiro atoms. The molecule has 0 bridgehead atoms. The predicted octanol–water partition coefficient (Wildman–Crippen LogP) is 3.80. The maximum absolute atomic E-state index is 10.2. The van der Waals surface area contributed by atoms with Crippen LogP contribution in [0.2, 0.25) is 0 Å². The van der Waals surface area contributed by atoms with Gasteiger partial charge < -0.3 is 15.1 Å². The minimum Gasteiger partial charge on any atom is -0.508 e. The molecule has 25 heavy (non-hydrogen) atoms. The molecule has 1 aliphatic heterocycles. The summed E-state index contributed by atoms with van der Waals surface area (Å²) in [6, 6.07) is 7.89. The van der Waals surface area contributed by atoms with Crippen LogP contribution < -0.4 is 0 Å². The van der Waals surface area contributed by atoms with E-state index in [1.165, 1.54) is 4.88 Å². The molecule has 0 radical (unpaired) electrons. The summed E-state index contributed by atoms with van der Waals surface area (Å²) in [4.78, 5) is 6.03. The van der Waals surface area contributed by atoms with Crippen LogP contribution in [-0.4, -0.2) is 59.3 Å². The van der Waals surface area contributed by atoms with Gasteiger partial charge in [0.05, 0.1) is 0 Å². The maximum atomic E-state index is 10.2. The first-order valence-electron chi connectivity index (χ1n) is 8.64. The molecule has 1 aromatic heterocycles. The van der Waals surface area contributed by atoms with Crippen LogP contribution in [0.5, 0.6) is 5.75 Å². The van der Waals surface area contributed by atoms with Crippen LogP contribution in [0.25, 0.3) is 10.4 Å². The van der Waals surface area contributed by atoms with Gasteiger partial charge >= 0.3 is 0 Å². The molecule has 136 valence electrons. The van der Waals surface area contributed by atoms with Crippen molar-refractivity contribution < 1.29 is 10.2 Å². The lowest BCUT2D eigenvalue weighted by atomic mass is 10.1. The summed E-state index contributed by atoms with van der Waals surface area (Å²) < 4.78 is 0.909. The second-order valence-corrected chi connectivity index (χ2v) is 9.30. The van der Waals surface area contributed by atoms with Gasteiger partial charge in [-0.15, -0.1) is 0 Å². The molecule has 4 nitrogen and oxygen atoms in total. The molecule has 0 saturated carbocycles. The van der Waals surface area contributed by atoms with Crippen molar-refractivity contribution in [2.75, 3.05) is 39.3 Å². The Morgan fingerprint density at radius 3 is 2.44 bits per heavy atom. The summed E-state index contributed by atoms with van der Waals surface area (Å²) in [5, 5.41) is 19.1. The highest BCUT2D eigenvalue weighted by atomic mass is 32.9. The summed E-state index contributed by atoms with van der Waals surface area (Å²) in [7, 11) is 3.31. The van der Waals surface area contributed by atoms with Crippen molar-refractivity contribution in [2.45, 2.75) is 19.4 Å². The number of aliphatic hydroxyl groups is 1. The van der Waals surface area contributed by atoms with E-state index in [1.807, 2.05) is 12.1 Å². The monoisotopic (exact) mass is 396 g/mol. The lowest BCUT2D eigenvalue weighted by Gasteiger charge is -2.34. The first-order valence-corrected chi connectivity index (χ1v) is 11.2. The molecule has 2 N–H and O–H groups in total. The zero-order valence-corrected chi connectivity index (χ0v) is 16.6. The van der Waals surface area contributed by atoms with Gasteiger partial charge in [-0.2, -0.15) is 0 Å². The minimum absolute atomic E-state index is 0.285. The third kappa shape index (κ3) is 5.32. The summed E-state index contributed by atoms with van der Waals surface area (Å²) in [5.74, 6) is 0.368. The van der Waals surface area contributed by atoms with Gasteiger partial charge in [-0.25, -0.2) is 0 Å². The van der Waals surface area contributed by atoms with Gasteiger partial charge in [-0.1, -0.05) is 32.9 Å². The number of rotatable bonds is 7. The number of hydrogen-bond acceptors (Lipinski definition) is 7. The molecule has 0 unspecified atom stereocenters. The number of hydrogen-bond donors (Lipinski definition) is 2. The predicted molar refractivity (Wildman–Crippen MR) is 108 cm³/mol. The molecule has 2 heterocycles. The van der Waals surface area contributed by atoms with E-state index in [4.69, 9.17) is 17.3 Å². The van der Waals surface area contributed by atoms with Crippen LogP contribution in [0.15, 0.2) is 24.3 Å². The molecule has 0 atom stereocenters. The number of phenols is 1. The van der Waals surface area contributed by atoms with Crippen LogP contribution in [0.4, 0.5) is 0 Å². The zero-order chi connectivity index (χ0) is 17.6. The van der Waals surface area contributed by atoms with Crippen molar-refractivity contribution >= 4 is 32.9 Å². The average molecular weight is 397 g/mol. The quantitative estimate of drug-likeness (QED) is 0.423. The van der Waals surface area contributed by atoms with E-state index in [9.17, 15) is 5.11 Å². The number of benzene rings is 1. The van der Waals surface area contributed by atoms with Gasteiger partial charge in [0.1, 0.15) is 9.57 Å². The van der Waals surface area contributed by atoms with Gasteiger partial charge in [0.25, 0.3) is 0 Å². The van der Waals surface area contributed by atoms with E-state index in [0.29, 0.717) is 5.75 Å². The Labute approximate surface area is 161 Å². The highest BCUT2D eigenvalue weighted by Crippen LogP contribution is 2.32. The van der Waals surface area contributed by atoms with Crippen LogP contribution in [0, 0.1) is 3.82 Å². The molecular weight excluding hydrogens is 372 g/mol. The van der Waals surface area contributed by atoms with Gasteiger partial charge in [0.15, 0.2) is 0 Å². The van der Waals surface area contributed by atoms with Crippen molar-refractivity contribution in [1.29, 1.82) is 0 Å². The largest absolute Gasteiger partial charge is 0.508 e. The zero-order valence-electron chi connectivity index (χ0n) is 14.2. The molecule has 2 aromatic rings. The van der Waals surface area contributed by atoms with E-state index >= 15 is 0 Å². The van der Waals surface area contributed by atoms with Crippen molar-refractivity contribution in [3.05, 3.63) is 33.7 Å². The Morgan fingerprint density at radius 2 is 1.76 bits per heavy atom. The fraction of sp³-hybridized carbons (Fsp3) is 0.500. The molecule has 0 aliphatic carbocycles. The first-order chi connectivity index (χ1) is 12.2. The Balaban J connectivity index is 1.59. The van der Waals surface area contributed by atoms with Crippen molar-refractivity contribution in [3.8, 4) is 16.2 Å². The third-order valence-corrected chi connectivity index (χ3v) is 7.48. The van der Waals surface area contributed by atoms with E-state index in [2.05, 4.69) is 15.9 Å². The Morgan fingerprint density at radius 1 is 1.00 bits per heavy atom. The third-order valence-electron chi connectivity index (χ3n) is 4.57. The summed E-state index contributed by atoms with van der Waals surface area (Å²) in [5.41, 5.74) is 2.11. The maximum Gasteiger partial charge on any atom is 0.120 e. The standard InChI is InChI=1S/C18H24N2O2S3/c21-10-2-1-5-19-6-8-20(9-7-19)13-15-11-14(3-4-16(15)22)17-12-18(23)25-24-17/h3-4,11-12,21-22H,1-2,5-10,13H2. The van der Waals surface area contributed by atoms with Gasteiger partial charge in [0.2, 0.25) is 0 Å². The number of phenolic OH excluding ortho intramolecular Hbond substituents is 1. The first kappa shape index (κ1) is 18.9. The Kier molecular flexibility index (Phi) is 6.98. The van der Waals surface area contributed by atoms with Crippen LogP contribution >= 0.6 is 32.9 Å². The molecule has 1 fully saturated rings. The number of aromatic hydroxyl groups is 1. The van der Waals surface area contributed by atoms with E-state index in [0.717, 1.165) is 67.1 Å². The van der Waals surface area contributed by atoms with Crippen molar-refractivity contribution in [2.24, 2.45) is 0 Å². The second kappa shape index (κ2) is 9.21. The minimum atomic E-state index is 0.285. The van der Waals surface area contributed by atoms with Crippen LogP contribution in [-0.2, 0) is 6.54 Å². The van der Waals surface area contributed by atoms with Crippen LogP contribution in [0.3, 0.4) is 0 Å².